The van der Waals surface area contributed by atoms with E-state index in [-0.39, 0.29) is 19.1 Å². The summed E-state index contributed by atoms with van der Waals surface area (Å²) in [4.78, 5) is 17.9. The fourth-order valence-electron chi connectivity index (χ4n) is 2.65. The van der Waals surface area contributed by atoms with Crippen LogP contribution < -0.4 is 15.4 Å². The Bertz CT molecular complexity index is 959. The lowest BCUT2D eigenvalue weighted by molar-refractivity contribution is -0.117. The van der Waals surface area contributed by atoms with E-state index in [1.807, 2.05) is 43.3 Å². The minimum atomic E-state index is -0.173. The zero-order valence-corrected chi connectivity index (χ0v) is 15.5. The number of amides is 1. The molecule has 0 atom stereocenters. The molecular weight excluding hydrogens is 350 g/mol. The van der Waals surface area contributed by atoms with Crippen LogP contribution in [-0.4, -0.2) is 24.5 Å². The number of hydrogen-bond donors (Lipinski definition) is 1. The first-order chi connectivity index (χ1) is 12.5. The van der Waals surface area contributed by atoms with E-state index in [1.54, 1.807) is 19.2 Å². The van der Waals surface area contributed by atoms with Gasteiger partial charge in [0, 0.05) is 34.4 Å². The molecule has 0 unspecified atom stereocenters. The van der Waals surface area contributed by atoms with Crippen molar-refractivity contribution in [1.82, 2.24) is 4.98 Å². The van der Waals surface area contributed by atoms with E-state index in [4.69, 9.17) is 22.1 Å². The molecule has 0 aliphatic rings. The van der Waals surface area contributed by atoms with Gasteiger partial charge in [0.05, 0.1) is 6.54 Å². The van der Waals surface area contributed by atoms with Crippen molar-refractivity contribution in [3.63, 3.8) is 0 Å². The smallest absolute Gasteiger partial charge is 0.240 e. The Labute approximate surface area is 157 Å². The van der Waals surface area contributed by atoms with Gasteiger partial charge in [0.15, 0.2) is 0 Å². The van der Waals surface area contributed by atoms with Crippen molar-refractivity contribution in [3.05, 3.63) is 64.8 Å². The summed E-state index contributed by atoms with van der Waals surface area (Å²) in [6.45, 7) is 2.17. The summed E-state index contributed by atoms with van der Waals surface area (Å²) < 4.78 is 5.99. The summed E-state index contributed by atoms with van der Waals surface area (Å²) in [6, 6.07) is 15.2. The number of nitrogens with two attached hydrogens (primary N) is 1. The molecule has 134 valence electrons. The lowest BCUT2D eigenvalue weighted by Gasteiger charge is -2.18. The van der Waals surface area contributed by atoms with Gasteiger partial charge in [0.25, 0.3) is 0 Å². The van der Waals surface area contributed by atoms with Crippen LogP contribution in [0.15, 0.2) is 48.5 Å². The van der Waals surface area contributed by atoms with Gasteiger partial charge in [-0.1, -0.05) is 29.8 Å². The fraction of sp³-hybridized carbons (Fsp3) is 0.200. The number of halogens is 1. The number of ether oxygens (including phenoxy) is 1. The molecule has 0 saturated heterocycles. The standard InChI is InChI=1S/C20H20ClN3O2/c1-13-6-7-14-4-3-5-18(20(14)23-13)26-12-15-10-16(8-9-17(15)21)24(2)19(25)11-22/h3-10H,11-12,22H2,1-2H3. The first-order valence-corrected chi connectivity index (χ1v) is 8.61. The van der Waals surface area contributed by atoms with Crippen LogP contribution in [-0.2, 0) is 11.4 Å². The molecule has 3 aromatic rings. The largest absolute Gasteiger partial charge is 0.487 e. The molecule has 0 fully saturated rings. The topological polar surface area (TPSA) is 68.5 Å². The van der Waals surface area contributed by atoms with E-state index in [1.165, 1.54) is 4.90 Å². The molecule has 3 rings (SSSR count). The van der Waals surface area contributed by atoms with Gasteiger partial charge >= 0.3 is 0 Å². The molecule has 0 saturated carbocycles. The Kier molecular flexibility index (Phi) is 5.40. The van der Waals surface area contributed by atoms with Gasteiger partial charge in [-0.25, -0.2) is 4.98 Å². The molecule has 26 heavy (non-hydrogen) atoms. The highest BCUT2D eigenvalue weighted by Gasteiger charge is 2.12. The third kappa shape index (κ3) is 3.79. The number of anilines is 1. The van der Waals surface area contributed by atoms with Crippen molar-refractivity contribution >= 4 is 34.1 Å². The molecule has 0 aliphatic heterocycles. The van der Waals surface area contributed by atoms with Crippen LogP contribution in [0, 0.1) is 6.92 Å². The predicted molar refractivity (Wildman–Crippen MR) is 105 cm³/mol. The summed E-state index contributed by atoms with van der Waals surface area (Å²) >= 11 is 6.30. The van der Waals surface area contributed by atoms with Crippen molar-refractivity contribution < 1.29 is 9.53 Å². The van der Waals surface area contributed by atoms with Crippen LogP contribution in [0.5, 0.6) is 5.75 Å². The molecule has 1 amide bonds. The van der Waals surface area contributed by atoms with Gasteiger partial charge in [-0.05, 0) is 37.3 Å². The van der Waals surface area contributed by atoms with E-state index in [0.717, 1.165) is 27.8 Å². The molecule has 1 aromatic heterocycles. The minimum absolute atomic E-state index is 0.0496. The maximum absolute atomic E-state index is 11.8. The van der Waals surface area contributed by atoms with Crippen molar-refractivity contribution in [3.8, 4) is 5.75 Å². The molecule has 5 nitrogen and oxygen atoms in total. The Morgan fingerprint density at radius 3 is 2.81 bits per heavy atom. The maximum atomic E-state index is 11.8. The number of para-hydroxylation sites is 1. The summed E-state index contributed by atoms with van der Waals surface area (Å²) in [6.07, 6.45) is 0. The third-order valence-electron chi connectivity index (χ3n) is 4.17. The highest BCUT2D eigenvalue weighted by atomic mass is 35.5. The molecule has 2 aromatic carbocycles. The molecule has 2 N–H and O–H groups in total. The van der Waals surface area contributed by atoms with Gasteiger partial charge in [0.1, 0.15) is 17.9 Å². The Hall–Kier alpha value is -2.63. The minimum Gasteiger partial charge on any atom is -0.487 e. The van der Waals surface area contributed by atoms with Gasteiger partial charge < -0.3 is 15.4 Å². The van der Waals surface area contributed by atoms with Gasteiger partial charge in [-0.3, -0.25) is 4.79 Å². The number of aryl methyl sites for hydroxylation is 1. The number of aromatic nitrogens is 1. The monoisotopic (exact) mass is 369 g/mol. The second kappa shape index (κ2) is 7.72. The van der Waals surface area contributed by atoms with Crippen LogP contribution in [0.3, 0.4) is 0 Å². The van der Waals surface area contributed by atoms with Crippen molar-refractivity contribution in [1.29, 1.82) is 0 Å². The lowest BCUT2D eigenvalue weighted by atomic mass is 10.2. The molecule has 0 spiro atoms. The number of likely N-dealkylation sites (N-methyl/N-ethyl adjacent to an activating group) is 1. The number of rotatable bonds is 5. The Morgan fingerprint density at radius 2 is 2.04 bits per heavy atom. The van der Waals surface area contributed by atoms with E-state index < -0.39 is 0 Å². The fourth-order valence-corrected chi connectivity index (χ4v) is 2.82. The van der Waals surface area contributed by atoms with Crippen LogP contribution >= 0.6 is 11.6 Å². The highest BCUT2D eigenvalue weighted by Crippen LogP contribution is 2.27. The summed E-state index contributed by atoms with van der Waals surface area (Å²) in [7, 11) is 1.68. The van der Waals surface area contributed by atoms with Gasteiger partial charge in [-0.15, -0.1) is 0 Å². The van der Waals surface area contributed by atoms with Crippen LogP contribution in [0.4, 0.5) is 5.69 Å². The first-order valence-electron chi connectivity index (χ1n) is 8.24. The average Bonchev–Trinajstić information content (AvgIpc) is 2.66. The predicted octanol–water partition coefficient (Wildman–Crippen LogP) is 3.70. The molecular formula is C20H20ClN3O2. The normalized spacial score (nSPS) is 10.8. The average molecular weight is 370 g/mol. The van der Waals surface area contributed by atoms with Gasteiger partial charge in [0.2, 0.25) is 5.91 Å². The molecule has 1 heterocycles. The van der Waals surface area contributed by atoms with Gasteiger partial charge in [-0.2, -0.15) is 0 Å². The second-order valence-electron chi connectivity index (χ2n) is 6.00. The van der Waals surface area contributed by atoms with Crippen molar-refractivity contribution in [2.45, 2.75) is 13.5 Å². The summed E-state index contributed by atoms with van der Waals surface area (Å²) in [5.41, 5.74) is 8.67. The molecule has 0 bridgehead atoms. The number of carbonyl (C=O) groups is 1. The second-order valence-corrected chi connectivity index (χ2v) is 6.41. The highest BCUT2D eigenvalue weighted by molar-refractivity contribution is 6.31. The Morgan fingerprint density at radius 1 is 1.23 bits per heavy atom. The van der Waals surface area contributed by atoms with E-state index in [0.29, 0.717) is 10.8 Å². The van der Waals surface area contributed by atoms with Crippen molar-refractivity contribution in [2.75, 3.05) is 18.5 Å². The quantitative estimate of drug-likeness (QED) is 0.744. The zero-order valence-electron chi connectivity index (χ0n) is 14.7. The lowest BCUT2D eigenvalue weighted by Crippen LogP contribution is -2.32. The number of benzene rings is 2. The molecule has 6 heteroatoms. The van der Waals surface area contributed by atoms with Crippen LogP contribution in [0.1, 0.15) is 11.3 Å². The Balaban J connectivity index is 1.86. The van der Waals surface area contributed by atoms with E-state index in [9.17, 15) is 4.79 Å². The number of pyridine rings is 1. The maximum Gasteiger partial charge on any atom is 0.240 e. The number of carbonyl (C=O) groups excluding carboxylic acids is 1. The molecule has 0 radical (unpaired) electrons. The third-order valence-corrected chi connectivity index (χ3v) is 4.54. The van der Waals surface area contributed by atoms with E-state index >= 15 is 0 Å². The summed E-state index contributed by atoms with van der Waals surface area (Å²) in [5.74, 6) is 0.520. The van der Waals surface area contributed by atoms with Crippen LogP contribution in [0.25, 0.3) is 10.9 Å². The van der Waals surface area contributed by atoms with Crippen molar-refractivity contribution in [2.24, 2.45) is 5.73 Å². The van der Waals surface area contributed by atoms with Crippen LogP contribution in [0.2, 0.25) is 5.02 Å². The number of nitrogens with zero attached hydrogens (tertiary/aromatic N) is 2. The zero-order chi connectivity index (χ0) is 18.7. The number of fused-ring (bicyclic) bond motifs is 1. The first kappa shape index (κ1) is 18.2. The number of hydrogen-bond acceptors (Lipinski definition) is 4. The van der Waals surface area contributed by atoms with E-state index in [2.05, 4.69) is 4.98 Å². The molecule has 0 aliphatic carbocycles. The SMILES string of the molecule is Cc1ccc2cccc(OCc3cc(N(C)C(=O)CN)ccc3Cl)c2n1. The summed E-state index contributed by atoms with van der Waals surface area (Å²) in [5, 5.41) is 1.59.